The molecule has 0 aromatic rings. The Hall–Kier alpha value is -0.0400. The standard InChI is InChI=1S/C7H14O/c1-6(8-2)7-4-3-5-7/h6-7H,3-5H2,1-2H3. The number of methoxy groups -OCH3 is 1. The highest BCUT2D eigenvalue weighted by molar-refractivity contribution is 4.74. The van der Waals surface area contributed by atoms with Crippen molar-refractivity contribution >= 4 is 0 Å². The van der Waals surface area contributed by atoms with E-state index < -0.39 is 0 Å². The Bertz CT molecular complexity index is 64.0. The summed E-state index contributed by atoms with van der Waals surface area (Å²) in [5.74, 6) is 0.875. The Morgan fingerprint density at radius 2 is 2.12 bits per heavy atom. The molecule has 8 heavy (non-hydrogen) atoms. The van der Waals surface area contributed by atoms with Crippen LogP contribution in [0.2, 0.25) is 0 Å². The minimum atomic E-state index is 0.503. The van der Waals surface area contributed by atoms with Crippen LogP contribution in [0.3, 0.4) is 0 Å². The van der Waals surface area contributed by atoms with Gasteiger partial charge in [-0.2, -0.15) is 0 Å². The molecule has 1 nitrogen and oxygen atoms in total. The Morgan fingerprint density at radius 1 is 1.50 bits per heavy atom. The predicted molar refractivity (Wildman–Crippen MR) is 33.8 cm³/mol. The smallest absolute Gasteiger partial charge is 0.0571 e. The van der Waals surface area contributed by atoms with E-state index in [0.29, 0.717) is 6.10 Å². The van der Waals surface area contributed by atoms with Crippen LogP contribution in [0, 0.1) is 5.92 Å². The second-order valence-electron chi connectivity index (χ2n) is 2.63. The summed E-state index contributed by atoms with van der Waals surface area (Å²) in [7, 11) is 1.79. The molecule has 1 rings (SSSR count). The van der Waals surface area contributed by atoms with Gasteiger partial charge in [-0.15, -0.1) is 0 Å². The zero-order valence-corrected chi connectivity index (χ0v) is 5.68. The summed E-state index contributed by atoms with van der Waals surface area (Å²) < 4.78 is 5.15. The van der Waals surface area contributed by atoms with Gasteiger partial charge < -0.3 is 4.74 Å². The van der Waals surface area contributed by atoms with E-state index >= 15 is 0 Å². The molecule has 0 bridgehead atoms. The SMILES string of the molecule is COC(C)C1CCC1. The first-order valence-corrected chi connectivity index (χ1v) is 3.37. The van der Waals surface area contributed by atoms with Gasteiger partial charge in [0.05, 0.1) is 6.10 Å². The lowest BCUT2D eigenvalue weighted by Crippen LogP contribution is -2.25. The monoisotopic (exact) mass is 114 g/mol. The number of ether oxygens (including phenoxy) is 1. The molecular weight excluding hydrogens is 100 g/mol. The van der Waals surface area contributed by atoms with Crippen LogP contribution in [0.25, 0.3) is 0 Å². The summed E-state index contributed by atoms with van der Waals surface area (Å²) >= 11 is 0. The molecule has 0 saturated heterocycles. The van der Waals surface area contributed by atoms with E-state index in [1.54, 1.807) is 7.11 Å². The van der Waals surface area contributed by atoms with E-state index in [4.69, 9.17) is 4.74 Å². The van der Waals surface area contributed by atoms with Crippen LogP contribution in [0.5, 0.6) is 0 Å². The van der Waals surface area contributed by atoms with Crippen molar-refractivity contribution in [1.29, 1.82) is 0 Å². The maximum Gasteiger partial charge on any atom is 0.0571 e. The second-order valence-corrected chi connectivity index (χ2v) is 2.63. The highest BCUT2D eigenvalue weighted by Crippen LogP contribution is 2.30. The van der Waals surface area contributed by atoms with Gasteiger partial charge in [0.2, 0.25) is 0 Å². The van der Waals surface area contributed by atoms with E-state index in [0.717, 1.165) is 5.92 Å². The van der Waals surface area contributed by atoms with Gasteiger partial charge in [0.25, 0.3) is 0 Å². The Morgan fingerprint density at radius 3 is 2.25 bits per heavy atom. The molecule has 0 aliphatic heterocycles. The average molecular weight is 114 g/mol. The van der Waals surface area contributed by atoms with Crippen molar-refractivity contribution in [3.8, 4) is 0 Å². The lowest BCUT2D eigenvalue weighted by Gasteiger charge is -2.30. The molecule has 1 aliphatic rings. The molecule has 1 saturated carbocycles. The second kappa shape index (κ2) is 2.49. The fourth-order valence-electron chi connectivity index (χ4n) is 1.10. The van der Waals surface area contributed by atoms with Crippen molar-refractivity contribution in [3.63, 3.8) is 0 Å². The van der Waals surface area contributed by atoms with E-state index in [9.17, 15) is 0 Å². The lowest BCUT2D eigenvalue weighted by molar-refractivity contribution is 0.0330. The van der Waals surface area contributed by atoms with Gasteiger partial charge >= 0.3 is 0 Å². The van der Waals surface area contributed by atoms with Crippen LogP contribution in [-0.4, -0.2) is 13.2 Å². The van der Waals surface area contributed by atoms with E-state index in [1.165, 1.54) is 19.3 Å². The first-order valence-electron chi connectivity index (χ1n) is 3.37. The average Bonchev–Trinajstić information content (AvgIpc) is 1.62. The molecule has 1 unspecified atom stereocenters. The van der Waals surface area contributed by atoms with Crippen LogP contribution in [0.4, 0.5) is 0 Å². The third-order valence-corrected chi connectivity index (χ3v) is 2.19. The van der Waals surface area contributed by atoms with Crippen LogP contribution in [0.1, 0.15) is 26.2 Å². The van der Waals surface area contributed by atoms with Crippen LogP contribution in [-0.2, 0) is 4.74 Å². The summed E-state index contributed by atoms with van der Waals surface area (Å²) in [5.41, 5.74) is 0. The van der Waals surface area contributed by atoms with Crippen molar-refractivity contribution < 1.29 is 4.74 Å². The highest BCUT2D eigenvalue weighted by Gasteiger charge is 2.22. The molecular formula is C7H14O. The third kappa shape index (κ3) is 1.03. The molecule has 48 valence electrons. The largest absolute Gasteiger partial charge is 0.381 e. The lowest BCUT2D eigenvalue weighted by atomic mass is 9.82. The molecule has 1 atom stereocenters. The highest BCUT2D eigenvalue weighted by atomic mass is 16.5. The van der Waals surface area contributed by atoms with Gasteiger partial charge in [-0.1, -0.05) is 6.42 Å². The van der Waals surface area contributed by atoms with Crippen LogP contribution < -0.4 is 0 Å². The molecule has 0 radical (unpaired) electrons. The number of hydrogen-bond acceptors (Lipinski definition) is 1. The third-order valence-electron chi connectivity index (χ3n) is 2.19. The van der Waals surface area contributed by atoms with E-state index in [1.807, 2.05) is 0 Å². The van der Waals surface area contributed by atoms with Crippen molar-refractivity contribution in [2.24, 2.45) is 5.92 Å². The maximum absolute atomic E-state index is 5.15. The fraction of sp³-hybridized carbons (Fsp3) is 1.00. The number of hydrogen-bond donors (Lipinski definition) is 0. The van der Waals surface area contributed by atoms with Crippen LogP contribution >= 0.6 is 0 Å². The molecule has 1 fully saturated rings. The van der Waals surface area contributed by atoms with Crippen molar-refractivity contribution in [2.45, 2.75) is 32.3 Å². The first-order chi connectivity index (χ1) is 3.84. The molecule has 0 aromatic heterocycles. The van der Waals surface area contributed by atoms with Crippen LogP contribution in [0.15, 0.2) is 0 Å². The molecule has 1 aliphatic carbocycles. The summed E-state index contributed by atoms with van der Waals surface area (Å²) in [5, 5.41) is 0. The van der Waals surface area contributed by atoms with Gasteiger partial charge in [-0.3, -0.25) is 0 Å². The van der Waals surface area contributed by atoms with Gasteiger partial charge in [0.15, 0.2) is 0 Å². The van der Waals surface area contributed by atoms with Crippen molar-refractivity contribution in [2.75, 3.05) is 7.11 Å². The van der Waals surface area contributed by atoms with Gasteiger partial charge in [0, 0.05) is 7.11 Å². The topological polar surface area (TPSA) is 9.23 Å². The summed E-state index contributed by atoms with van der Waals surface area (Å²) in [4.78, 5) is 0. The maximum atomic E-state index is 5.15. The Balaban J connectivity index is 2.13. The fourth-order valence-corrected chi connectivity index (χ4v) is 1.10. The summed E-state index contributed by atoms with van der Waals surface area (Å²) in [6, 6.07) is 0. The zero-order valence-electron chi connectivity index (χ0n) is 5.68. The van der Waals surface area contributed by atoms with Crippen molar-refractivity contribution in [1.82, 2.24) is 0 Å². The molecule has 0 amide bonds. The molecule has 0 aromatic carbocycles. The van der Waals surface area contributed by atoms with E-state index in [2.05, 4.69) is 6.92 Å². The molecule has 0 spiro atoms. The van der Waals surface area contributed by atoms with Gasteiger partial charge in [0.1, 0.15) is 0 Å². The normalized spacial score (nSPS) is 24.8. The summed E-state index contributed by atoms with van der Waals surface area (Å²) in [6.45, 7) is 2.16. The van der Waals surface area contributed by atoms with E-state index in [-0.39, 0.29) is 0 Å². The minimum absolute atomic E-state index is 0.503. The Labute approximate surface area is 51.0 Å². The summed E-state index contributed by atoms with van der Waals surface area (Å²) in [6.07, 6.45) is 4.69. The zero-order chi connectivity index (χ0) is 5.98. The Kier molecular flexibility index (Phi) is 1.90. The van der Waals surface area contributed by atoms with Gasteiger partial charge in [-0.05, 0) is 25.7 Å². The number of rotatable bonds is 2. The van der Waals surface area contributed by atoms with Crippen molar-refractivity contribution in [3.05, 3.63) is 0 Å². The van der Waals surface area contributed by atoms with Gasteiger partial charge in [-0.25, -0.2) is 0 Å². The molecule has 0 N–H and O–H groups in total. The first kappa shape index (κ1) is 6.09. The molecule has 1 heteroatoms. The molecule has 0 heterocycles. The predicted octanol–water partition coefficient (Wildman–Crippen LogP) is 1.82. The quantitative estimate of drug-likeness (QED) is 0.532. The minimum Gasteiger partial charge on any atom is -0.381 e.